The number of fused-ring (bicyclic) bond motifs is 1. The molecule has 37 heavy (non-hydrogen) atoms. The average molecular weight is 506 g/mol. The van der Waals surface area contributed by atoms with Crippen molar-refractivity contribution in [1.82, 2.24) is 14.8 Å². The number of aromatic nitrogens is 1. The van der Waals surface area contributed by atoms with Crippen molar-refractivity contribution >= 4 is 34.8 Å². The molecule has 0 fully saturated rings. The molecule has 8 heteroatoms. The van der Waals surface area contributed by atoms with Gasteiger partial charge in [-0.05, 0) is 60.4 Å². The number of carbonyl (C=O) groups is 3. The number of carbonyl (C=O) groups excluding carboxylic acids is 2. The summed E-state index contributed by atoms with van der Waals surface area (Å²) < 4.78 is 7.56. The molecule has 0 spiro atoms. The number of aryl methyl sites for hydroxylation is 1. The normalized spacial score (nSPS) is 11.4. The minimum atomic E-state index is -1.01. The van der Waals surface area contributed by atoms with Gasteiger partial charge in [0.2, 0.25) is 11.8 Å². The third-order valence-electron chi connectivity index (χ3n) is 6.24. The molecule has 3 rings (SSSR count). The zero-order chi connectivity index (χ0) is 27.1. The summed E-state index contributed by atoms with van der Waals surface area (Å²) >= 11 is 0. The molecule has 0 radical (unpaired) electrons. The number of nitrogens with zero attached hydrogens (tertiary/aromatic N) is 2. The van der Waals surface area contributed by atoms with E-state index in [-0.39, 0.29) is 17.4 Å². The number of methoxy groups -OCH3 is 1. The SMILES string of the molecule is CCCNC(=O)/C(C)=C/c1ccc2c(c1)c(Cc1ccc(C(=O)O)cc1OC)cn2CCC(=O)N(C)C. The molecule has 3 aromatic rings. The Balaban J connectivity index is 2.03. The van der Waals surface area contributed by atoms with Crippen LogP contribution in [-0.2, 0) is 22.6 Å². The van der Waals surface area contributed by atoms with Crippen LogP contribution >= 0.6 is 0 Å². The van der Waals surface area contributed by atoms with Crippen molar-refractivity contribution in [2.75, 3.05) is 27.7 Å². The molecule has 0 aliphatic heterocycles. The van der Waals surface area contributed by atoms with Crippen LogP contribution in [-0.4, -0.2) is 60.1 Å². The summed E-state index contributed by atoms with van der Waals surface area (Å²) in [4.78, 5) is 37.6. The van der Waals surface area contributed by atoms with Crippen LogP contribution in [0.5, 0.6) is 5.75 Å². The van der Waals surface area contributed by atoms with Crippen LogP contribution in [0.25, 0.3) is 17.0 Å². The van der Waals surface area contributed by atoms with Crippen molar-refractivity contribution in [3.05, 3.63) is 70.4 Å². The molecule has 8 nitrogen and oxygen atoms in total. The van der Waals surface area contributed by atoms with E-state index in [4.69, 9.17) is 4.74 Å². The van der Waals surface area contributed by atoms with Gasteiger partial charge in [-0.25, -0.2) is 4.79 Å². The van der Waals surface area contributed by atoms with Crippen molar-refractivity contribution in [1.29, 1.82) is 0 Å². The summed E-state index contributed by atoms with van der Waals surface area (Å²) in [5, 5.41) is 13.2. The molecule has 2 amide bonds. The van der Waals surface area contributed by atoms with Gasteiger partial charge in [-0.1, -0.05) is 19.1 Å². The fourth-order valence-corrected chi connectivity index (χ4v) is 4.17. The molecule has 196 valence electrons. The molecule has 0 bridgehead atoms. The number of hydrogen-bond acceptors (Lipinski definition) is 4. The first-order valence-corrected chi connectivity index (χ1v) is 12.3. The monoisotopic (exact) mass is 505 g/mol. The number of benzene rings is 2. The molecule has 1 aromatic heterocycles. The van der Waals surface area contributed by atoms with Crippen molar-refractivity contribution in [3.8, 4) is 5.75 Å². The summed E-state index contributed by atoms with van der Waals surface area (Å²) in [7, 11) is 5.01. The highest BCUT2D eigenvalue weighted by Gasteiger charge is 2.15. The second-order valence-corrected chi connectivity index (χ2v) is 9.25. The first-order chi connectivity index (χ1) is 17.6. The van der Waals surface area contributed by atoms with Crippen LogP contribution < -0.4 is 10.1 Å². The highest BCUT2D eigenvalue weighted by Crippen LogP contribution is 2.30. The first-order valence-electron chi connectivity index (χ1n) is 12.3. The van der Waals surface area contributed by atoms with Gasteiger partial charge in [0.05, 0.1) is 12.7 Å². The lowest BCUT2D eigenvalue weighted by Gasteiger charge is -2.11. The van der Waals surface area contributed by atoms with Gasteiger partial charge in [0.25, 0.3) is 0 Å². The van der Waals surface area contributed by atoms with Crippen molar-refractivity contribution < 1.29 is 24.2 Å². The molecule has 2 aromatic carbocycles. The predicted octanol–water partition coefficient (Wildman–Crippen LogP) is 4.35. The molecular formula is C29H35N3O5. The summed E-state index contributed by atoms with van der Waals surface area (Å²) in [5.41, 5.74) is 4.52. The lowest BCUT2D eigenvalue weighted by atomic mass is 10.00. The molecule has 0 aliphatic rings. The number of hydrogen-bond donors (Lipinski definition) is 2. The van der Waals surface area contributed by atoms with Gasteiger partial charge in [-0.15, -0.1) is 0 Å². The van der Waals surface area contributed by atoms with E-state index in [2.05, 4.69) is 9.88 Å². The van der Waals surface area contributed by atoms with E-state index in [0.717, 1.165) is 34.0 Å². The molecule has 2 N–H and O–H groups in total. The maximum Gasteiger partial charge on any atom is 0.335 e. The van der Waals surface area contributed by atoms with Gasteiger partial charge in [0.1, 0.15) is 5.75 Å². The fourth-order valence-electron chi connectivity index (χ4n) is 4.17. The predicted molar refractivity (Wildman–Crippen MR) is 145 cm³/mol. The highest BCUT2D eigenvalue weighted by molar-refractivity contribution is 5.98. The number of carboxylic acids is 1. The number of rotatable bonds is 11. The van der Waals surface area contributed by atoms with Crippen LogP contribution in [0.3, 0.4) is 0 Å². The number of aromatic carboxylic acids is 1. The Morgan fingerprint density at radius 3 is 2.51 bits per heavy atom. The maximum absolute atomic E-state index is 12.4. The van der Waals surface area contributed by atoms with Crippen LogP contribution in [0, 0.1) is 0 Å². The summed E-state index contributed by atoms with van der Waals surface area (Å²) in [5.74, 6) is -0.558. The highest BCUT2D eigenvalue weighted by atomic mass is 16.5. The van der Waals surface area contributed by atoms with Crippen molar-refractivity contribution in [2.45, 2.75) is 39.7 Å². The lowest BCUT2D eigenvalue weighted by Crippen LogP contribution is -2.24. The Morgan fingerprint density at radius 1 is 1.11 bits per heavy atom. The number of carboxylic acid groups (broad SMARTS) is 1. The van der Waals surface area contributed by atoms with E-state index in [1.165, 1.54) is 13.2 Å². The second kappa shape index (κ2) is 12.3. The van der Waals surface area contributed by atoms with Crippen LogP contribution in [0.4, 0.5) is 0 Å². The Labute approximate surface area is 217 Å². The molecule has 1 heterocycles. The lowest BCUT2D eigenvalue weighted by molar-refractivity contribution is -0.128. The van der Waals surface area contributed by atoms with Crippen molar-refractivity contribution in [3.63, 3.8) is 0 Å². The van der Waals surface area contributed by atoms with Crippen LogP contribution in [0.2, 0.25) is 0 Å². The standard InChI is InChI=1S/C29H35N3O5/c1-6-12-30-28(34)19(2)14-20-7-10-25-24(15-20)23(18-32(25)13-11-27(33)31(3)4)16-21-8-9-22(29(35)36)17-26(21)37-5/h7-10,14-15,17-18H,6,11-13,16H2,1-5H3,(H,30,34)(H,35,36)/b19-14+. The molecule has 0 unspecified atom stereocenters. The molecule has 0 saturated carbocycles. The van der Waals surface area contributed by atoms with E-state index in [9.17, 15) is 19.5 Å². The average Bonchev–Trinajstić information content (AvgIpc) is 3.22. The smallest absolute Gasteiger partial charge is 0.335 e. The quantitative estimate of drug-likeness (QED) is 0.378. The molecule has 0 aliphatic carbocycles. The zero-order valence-electron chi connectivity index (χ0n) is 22.1. The van der Waals surface area contributed by atoms with Crippen LogP contribution in [0.1, 0.15) is 53.7 Å². The Hall–Kier alpha value is -4.07. The van der Waals surface area contributed by atoms with Gasteiger partial charge < -0.3 is 24.6 Å². The molecule has 0 saturated heterocycles. The van der Waals surface area contributed by atoms with Gasteiger partial charge >= 0.3 is 5.97 Å². The Morgan fingerprint density at radius 2 is 1.86 bits per heavy atom. The van der Waals surface area contributed by atoms with E-state index >= 15 is 0 Å². The largest absolute Gasteiger partial charge is 0.496 e. The zero-order valence-corrected chi connectivity index (χ0v) is 22.1. The topological polar surface area (TPSA) is 101 Å². The van der Waals surface area contributed by atoms with Gasteiger partial charge in [-0.2, -0.15) is 0 Å². The fraction of sp³-hybridized carbons (Fsp3) is 0.345. The maximum atomic E-state index is 12.4. The number of ether oxygens (including phenoxy) is 1. The Kier molecular flexibility index (Phi) is 9.11. The van der Waals surface area contributed by atoms with Gasteiger partial charge in [-0.3, -0.25) is 9.59 Å². The summed E-state index contributed by atoms with van der Waals surface area (Å²) in [6, 6.07) is 10.9. The minimum Gasteiger partial charge on any atom is -0.496 e. The molecular weight excluding hydrogens is 470 g/mol. The van der Waals surface area contributed by atoms with Gasteiger partial charge in [0.15, 0.2) is 0 Å². The van der Waals surface area contributed by atoms with E-state index in [1.807, 2.05) is 37.4 Å². The van der Waals surface area contributed by atoms with Crippen molar-refractivity contribution in [2.24, 2.45) is 0 Å². The Bertz CT molecular complexity index is 1340. The second-order valence-electron chi connectivity index (χ2n) is 9.25. The summed E-state index contributed by atoms with van der Waals surface area (Å²) in [6.07, 6.45) is 5.65. The van der Waals surface area contributed by atoms with Gasteiger partial charge in [0, 0.05) is 62.7 Å². The van der Waals surface area contributed by atoms with E-state index in [0.29, 0.717) is 37.3 Å². The molecule has 0 atom stereocenters. The number of nitrogens with one attached hydrogen (secondary N) is 1. The summed E-state index contributed by atoms with van der Waals surface area (Å²) in [6.45, 7) is 4.96. The van der Waals surface area contributed by atoms with E-state index < -0.39 is 5.97 Å². The first kappa shape index (κ1) is 27.5. The third kappa shape index (κ3) is 6.78. The third-order valence-corrected chi connectivity index (χ3v) is 6.24. The van der Waals surface area contributed by atoms with Crippen LogP contribution in [0.15, 0.2) is 48.2 Å². The number of amides is 2. The minimum absolute atomic E-state index is 0.0441. The van der Waals surface area contributed by atoms with E-state index in [1.54, 1.807) is 38.1 Å².